The molecular formula is C7H14S. The molecule has 0 N–H and O–H groups in total. The molecule has 0 bridgehead atoms. The fourth-order valence-electron chi connectivity index (χ4n) is 1.40. The van der Waals surface area contributed by atoms with Crippen molar-refractivity contribution >= 4 is 12.6 Å². The zero-order chi connectivity index (χ0) is 5.98. The standard InChI is InChI=1S/C7H14S/c1-6-3-2-4-7(8)5-6/h6-8H,2-5H2,1H3/t6-,7+/m1/s1. The zero-order valence-corrected chi connectivity index (χ0v) is 6.32. The van der Waals surface area contributed by atoms with Crippen LogP contribution >= 0.6 is 12.6 Å². The van der Waals surface area contributed by atoms with Gasteiger partial charge in [-0.25, -0.2) is 0 Å². The predicted octanol–water partition coefficient (Wildman–Crippen LogP) is 2.49. The van der Waals surface area contributed by atoms with Crippen molar-refractivity contribution in [3.05, 3.63) is 0 Å². The second kappa shape index (κ2) is 2.77. The highest BCUT2D eigenvalue weighted by Gasteiger charge is 2.14. The highest BCUT2D eigenvalue weighted by Crippen LogP contribution is 2.26. The van der Waals surface area contributed by atoms with E-state index < -0.39 is 0 Å². The lowest BCUT2D eigenvalue weighted by atomic mass is 9.91. The molecule has 0 aromatic carbocycles. The van der Waals surface area contributed by atoms with Gasteiger partial charge in [0.15, 0.2) is 0 Å². The van der Waals surface area contributed by atoms with Crippen molar-refractivity contribution < 1.29 is 0 Å². The summed E-state index contributed by atoms with van der Waals surface area (Å²) < 4.78 is 0. The Hall–Kier alpha value is 0.350. The SMILES string of the molecule is C[C@@H]1CCC[C@H](S)C1. The Kier molecular flexibility index (Phi) is 2.24. The summed E-state index contributed by atoms with van der Waals surface area (Å²) >= 11 is 4.42. The molecule has 0 unspecified atom stereocenters. The quantitative estimate of drug-likeness (QED) is 0.478. The van der Waals surface area contributed by atoms with E-state index in [-0.39, 0.29) is 0 Å². The van der Waals surface area contributed by atoms with Gasteiger partial charge >= 0.3 is 0 Å². The van der Waals surface area contributed by atoms with Crippen LogP contribution in [0.25, 0.3) is 0 Å². The molecule has 2 atom stereocenters. The predicted molar refractivity (Wildman–Crippen MR) is 40.4 cm³/mol. The minimum atomic E-state index is 0.707. The Morgan fingerprint density at radius 3 is 2.50 bits per heavy atom. The molecule has 48 valence electrons. The highest BCUT2D eigenvalue weighted by atomic mass is 32.1. The normalized spacial score (nSPS) is 39.8. The Bertz CT molecular complexity index is 62.8. The van der Waals surface area contributed by atoms with Gasteiger partial charge in [-0.05, 0) is 18.8 Å². The van der Waals surface area contributed by atoms with Gasteiger partial charge in [0.05, 0.1) is 0 Å². The van der Waals surface area contributed by atoms with E-state index in [1.807, 2.05) is 0 Å². The first-order chi connectivity index (χ1) is 3.79. The molecule has 1 aliphatic rings. The van der Waals surface area contributed by atoms with Crippen molar-refractivity contribution in [1.82, 2.24) is 0 Å². The second-order valence-electron chi connectivity index (χ2n) is 2.93. The molecule has 0 heterocycles. The molecule has 0 aliphatic heterocycles. The molecule has 0 amide bonds. The fraction of sp³-hybridized carbons (Fsp3) is 1.00. The van der Waals surface area contributed by atoms with E-state index in [1.54, 1.807) is 0 Å². The van der Waals surface area contributed by atoms with Crippen LogP contribution in [0.5, 0.6) is 0 Å². The summed E-state index contributed by atoms with van der Waals surface area (Å²) in [5.41, 5.74) is 0. The molecule has 0 aromatic rings. The van der Waals surface area contributed by atoms with E-state index in [0.717, 1.165) is 5.92 Å². The molecule has 0 aromatic heterocycles. The van der Waals surface area contributed by atoms with E-state index >= 15 is 0 Å². The minimum Gasteiger partial charge on any atom is -0.176 e. The average molecular weight is 130 g/mol. The highest BCUT2D eigenvalue weighted by molar-refractivity contribution is 7.80. The summed E-state index contributed by atoms with van der Waals surface area (Å²) in [6.07, 6.45) is 5.50. The summed E-state index contributed by atoms with van der Waals surface area (Å²) in [5, 5.41) is 0.707. The van der Waals surface area contributed by atoms with Gasteiger partial charge in [0.2, 0.25) is 0 Å². The third kappa shape index (κ3) is 1.70. The van der Waals surface area contributed by atoms with Crippen molar-refractivity contribution in [2.75, 3.05) is 0 Å². The van der Waals surface area contributed by atoms with Crippen LogP contribution in [0, 0.1) is 5.92 Å². The molecule has 1 heteroatoms. The van der Waals surface area contributed by atoms with Crippen molar-refractivity contribution in [1.29, 1.82) is 0 Å². The second-order valence-corrected chi connectivity index (χ2v) is 3.66. The summed E-state index contributed by atoms with van der Waals surface area (Å²) in [5.74, 6) is 0.936. The lowest BCUT2D eigenvalue weighted by Crippen LogP contribution is -2.12. The van der Waals surface area contributed by atoms with Gasteiger partial charge in [0, 0.05) is 5.25 Å². The Morgan fingerprint density at radius 1 is 1.38 bits per heavy atom. The first kappa shape index (κ1) is 6.47. The molecule has 0 spiro atoms. The zero-order valence-electron chi connectivity index (χ0n) is 5.43. The van der Waals surface area contributed by atoms with Gasteiger partial charge in [0.25, 0.3) is 0 Å². The van der Waals surface area contributed by atoms with Gasteiger partial charge in [-0.3, -0.25) is 0 Å². The van der Waals surface area contributed by atoms with Crippen molar-refractivity contribution in [2.24, 2.45) is 5.92 Å². The molecule has 0 radical (unpaired) electrons. The molecule has 1 fully saturated rings. The van der Waals surface area contributed by atoms with Crippen molar-refractivity contribution in [3.63, 3.8) is 0 Å². The smallest absolute Gasteiger partial charge is 0.00193 e. The van der Waals surface area contributed by atoms with Crippen LogP contribution in [0.1, 0.15) is 32.6 Å². The Balaban J connectivity index is 2.23. The summed E-state index contributed by atoms with van der Waals surface area (Å²) in [6.45, 7) is 2.32. The van der Waals surface area contributed by atoms with Gasteiger partial charge in [-0.15, -0.1) is 0 Å². The van der Waals surface area contributed by atoms with Gasteiger partial charge < -0.3 is 0 Å². The van der Waals surface area contributed by atoms with Crippen LogP contribution in [0.15, 0.2) is 0 Å². The minimum absolute atomic E-state index is 0.707. The van der Waals surface area contributed by atoms with Gasteiger partial charge in [-0.1, -0.05) is 19.8 Å². The monoisotopic (exact) mass is 130 g/mol. The lowest BCUT2D eigenvalue weighted by Gasteiger charge is -2.22. The number of hydrogen-bond acceptors (Lipinski definition) is 1. The van der Waals surface area contributed by atoms with Crippen LogP contribution in [-0.2, 0) is 0 Å². The van der Waals surface area contributed by atoms with Crippen LogP contribution < -0.4 is 0 Å². The van der Waals surface area contributed by atoms with E-state index in [9.17, 15) is 0 Å². The summed E-state index contributed by atoms with van der Waals surface area (Å²) in [4.78, 5) is 0. The maximum atomic E-state index is 4.42. The largest absolute Gasteiger partial charge is 0.176 e. The maximum absolute atomic E-state index is 4.42. The first-order valence-corrected chi connectivity index (χ1v) is 3.98. The van der Waals surface area contributed by atoms with E-state index in [1.165, 1.54) is 25.7 Å². The van der Waals surface area contributed by atoms with Crippen LogP contribution in [-0.4, -0.2) is 5.25 Å². The topological polar surface area (TPSA) is 0 Å². The number of hydrogen-bond donors (Lipinski definition) is 1. The van der Waals surface area contributed by atoms with Crippen LogP contribution in [0.2, 0.25) is 0 Å². The Labute approximate surface area is 57.1 Å². The summed E-state index contributed by atoms with van der Waals surface area (Å²) in [7, 11) is 0. The van der Waals surface area contributed by atoms with Crippen LogP contribution in [0.3, 0.4) is 0 Å². The molecule has 0 saturated heterocycles. The Morgan fingerprint density at radius 2 is 2.12 bits per heavy atom. The van der Waals surface area contributed by atoms with E-state index in [2.05, 4.69) is 19.6 Å². The van der Waals surface area contributed by atoms with Gasteiger partial charge in [-0.2, -0.15) is 12.6 Å². The molecular weight excluding hydrogens is 116 g/mol. The third-order valence-corrected chi connectivity index (χ3v) is 2.38. The molecule has 1 rings (SSSR count). The third-order valence-electron chi connectivity index (χ3n) is 1.91. The van der Waals surface area contributed by atoms with E-state index in [4.69, 9.17) is 0 Å². The summed E-state index contributed by atoms with van der Waals surface area (Å²) in [6, 6.07) is 0. The maximum Gasteiger partial charge on any atom is 0.00193 e. The average Bonchev–Trinajstić information content (AvgIpc) is 1.64. The van der Waals surface area contributed by atoms with Crippen LogP contribution in [0.4, 0.5) is 0 Å². The first-order valence-electron chi connectivity index (χ1n) is 3.47. The number of thiol groups is 1. The molecule has 0 nitrogen and oxygen atoms in total. The molecule has 1 saturated carbocycles. The van der Waals surface area contributed by atoms with E-state index in [0.29, 0.717) is 5.25 Å². The molecule has 1 aliphatic carbocycles. The van der Waals surface area contributed by atoms with Crippen molar-refractivity contribution in [2.45, 2.75) is 37.9 Å². The lowest BCUT2D eigenvalue weighted by molar-refractivity contribution is 0.395. The van der Waals surface area contributed by atoms with Gasteiger partial charge in [0.1, 0.15) is 0 Å². The number of rotatable bonds is 0. The fourth-order valence-corrected chi connectivity index (χ4v) is 1.94. The van der Waals surface area contributed by atoms with Crippen molar-refractivity contribution in [3.8, 4) is 0 Å². The molecule has 8 heavy (non-hydrogen) atoms.